The zero-order valence-electron chi connectivity index (χ0n) is 23.8. The van der Waals surface area contributed by atoms with Crippen LogP contribution in [0.5, 0.6) is 0 Å². The number of hydrogen-bond acceptors (Lipinski definition) is 5. The number of nitrogens with zero attached hydrogens (tertiary/aromatic N) is 3. The number of hydrogen-bond donors (Lipinski definition) is 1. The Kier molecular flexibility index (Phi) is 9.90. The van der Waals surface area contributed by atoms with Crippen LogP contribution >= 0.6 is 23.4 Å². The predicted molar refractivity (Wildman–Crippen MR) is 175 cm³/mol. The fourth-order valence-corrected chi connectivity index (χ4v) is 5.56. The van der Waals surface area contributed by atoms with Crippen LogP contribution in [0.2, 0.25) is 5.15 Å². The molecule has 0 bridgehead atoms. The summed E-state index contributed by atoms with van der Waals surface area (Å²) in [6.45, 7) is 5.61. The lowest BCUT2D eigenvalue weighted by Gasteiger charge is -2.24. The van der Waals surface area contributed by atoms with E-state index in [0.29, 0.717) is 21.6 Å². The second kappa shape index (κ2) is 14.2. The number of nitrogens with one attached hydrogen (secondary N) is 1. The summed E-state index contributed by atoms with van der Waals surface area (Å²) >= 11 is 8.03. The van der Waals surface area contributed by atoms with Gasteiger partial charge >= 0.3 is 0 Å². The maximum absolute atomic E-state index is 12.8. The van der Waals surface area contributed by atoms with Crippen molar-refractivity contribution >= 4 is 40.8 Å². The molecule has 0 spiro atoms. The number of amides is 1. The van der Waals surface area contributed by atoms with Gasteiger partial charge < -0.3 is 10.2 Å². The van der Waals surface area contributed by atoms with Gasteiger partial charge in [-0.1, -0.05) is 102 Å². The van der Waals surface area contributed by atoms with Crippen LogP contribution in [-0.2, 0) is 18.7 Å². The van der Waals surface area contributed by atoms with Gasteiger partial charge in [0.25, 0.3) is 5.91 Å². The van der Waals surface area contributed by atoms with Gasteiger partial charge in [0, 0.05) is 36.2 Å². The molecule has 4 aromatic carbocycles. The Bertz CT molecular complexity index is 1630. The Morgan fingerprint density at radius 3 is 2.17 bits per heavy atom. The van der Waals surface area contributed by atoms with Crippen LogP contribution in [0.3, 0.4) is 0 Å². The van der Waals surface area contributed by atoms with Crippen molar-refractivity contribution < 1.29 is 4.79 Å². The highest BCUT2D eigenvalue weighted by molar-refractivity contribution is 7.98. The molecule has 1 heterocycles. The van der Waals surface area contributed by atoms with E-state index in [-0.39, 0.29) is 5.91 Å². The number of rotatable bonds is 11. The van der Waals surface area contributed by atoms with Gasteiger partial charge in [0.05, 0.1) is 0 Å². The first-order valence-electron chi connectivity index (χ1n) is 13.9. The minimum atomic E-state index is -0.130. The van der Waals surface area contributed by atoms with Crippen molar-refractivity contribution in [2.24, 2.45) is 0 Å². The first kappa shape index (κ1) is 29.4. The van der Waals surface area contributed by atoms with E-state index in [1.165, 1.54) is 28.5 Å². The Morgan fingerprint density at radius 2 is 1.48 bits per heavy atom. The number of carbonyl (C=O) groups excluding carboxylic acids is 1. The molecule has 5 rings (SSSR count). The monoisotopic (exact) mass is 592 g/mol. The van der Waals surface area contributed by atoms with E-state index in [2.05, 4.69) is 70.7 Å². The van der Waals surface area contributed by atoms with Gasteiger partial charge in [-0.25, -0.2) is 9.97 Å². The summed E-state index contributed by atoms with van der Waals surface area (Å²) in [5, 5.41) is 4.01. The van der Waals surface area contributed by atoms with Crippen LogP contribution in [-0.4, -0.2) is 22.4 Å². The van der Waals surface area contributed by atoms with E-state index in [9.17, 15) is 4.79 Å². The molecule has 1 amide bonds. The topological polar surface area (TPSA) is 58.1 Å². The highest BCUT2D eigenvalue weighted by Gasteiger charge is 2.14. The lowest BCUT2D eigenvalue weighted by atomic mass is 10.1. The van der Waals surface area contributed by atoms with Crippen molar-refractivity contribution in [1.29, 1.82) is 0 Å². The Morgan fingerprint density at radius 1 is 0.786 bits per heavy atom. The standard InChI is InChI=1S/C35H33ClN4OS/c1-25-13-18-31(21-26(25)2)37-34(41)30-16-14-29(15-17-30)24-42-35-38-32(36)22-33(39-35)40(23-28-11-7-4-8-12-28)20-19-27-9-5-3-6-10-27/h3-18,21-22H,19-20,23-24H2,1-2H3,(H,37,41). The Hall–Kier alpha value is -4.13. The lowest BCUT2D eigenvalue weighted by Crippen LogP contribution is -2.26. The van der Waals surface area contributed by atoms with Gasteiger partial charge in [-0.05, 0) is 72.4 Å². The van der Waals surface area contributed by atoms with Gasteiger partial charge in [0.15, 0.2) is 5.16 Å². The quantitative estimate of drug-likeness (QED) is 0.0946. The third-order valence-electron chi connectivity index (χ3n) is 7.06. The van der Waals surface area contributed by atoms with Gasteiger partial charge in [-0.15, -0.1) is 0 Å². The number of benzene rings is 4. The fourth-order valence-electron chi connectivity index (χ4n) is 4.52. The second-order valence-electron chi connectivity index (χ2n) is 10.2. The van der Waals surface area contributed by atoms with Crippen molar-refractivity contribution in [3.05, 3.63) is 148 Å². The van der Waals surface area contributed by atoms with Crippen LogP contribution in [0.4, 0.5) is 11.5 Å². The van der Waals surface area contributed by atoms with Crippen LogP contribution in [0.15, 0.2) is 114 Å². The molecule has 0 aliphatic heterocycles. The van der Waals surface area contributed by atoms with Crippen molar-refractivity contribution in [2.75, 3.05) is 16.8 Å². The van der Waals surface area contributed by atoms with Crippen molar-refractivity contribution in [3.8, 4) is 0 Å². The summed E-state index contributed by atoms with van der Waals surface area (Å²) in [4.78, 5) is 24.4. The predicted octanol–water partition coefficient (Wildman–Crippen LogP) is 8.54. The average Bonchev–Trinajstić information content (AvgIpc) is 3.01. The van der Waals surface area contributed by atoms with Gasteiger partial charge in [0.1, 0.15) is 11.0 Å². The molecule has 1 aromatic heterocycles. The molecule has 0 atom stereocenters. The Balaban J connectivity index is 1.25. The van der Waals surface area contributed by atoms with Crippen molar-refractivity contribution in [2.45, 2.75) is 37.7 Å². The third kappa shape index (κ3) is 8.21. The summed E-state index contributed by atoms with van der Waals surface area (Å²) in [7, 11) is 0. The number of carbonyl (C=O) groups is 1. The smallest absolute Gasteiger partial charge is 0.255 e. The van der Waals surface area contributed by atoms with Crippen LogP contribution in [0.1, 0.15) is 38.2 Å². The zero-order valence-corrected chi connectivity index (χ0v) is 25.3. The molecule has 1 N–H and O–H groups in total. The number of halogens is 1. The SMILES string of the molecule is Cc1ccc(NC(=O)c2ccc(CSc3nc(Cl)cc(N(CCc4ccccc4)Cc4ccccc4)n3)cc2)cc1C. The largest absolute Gasteiger partial charge is 0.352 e. The highest BCUT2D eigenvalue weighted by atomic mass is 35.5. The maximum Gasteiger partial charge on any atom is 0.255 e. The van der Waals surface area contributed by atoms with E-state index < -0.39 is 0 Å². The van der Waals surface area contributed by atoms with Crippen LogP contribution < -0.4 is 10.2 Å². The van der Waals surface area contributed by atoms with Crippen LogP contribution in [0, 0.1) is 13.8 Å². The molecule has 0 saturated carbocycles. The van der Waals surface area contributed by atoms with Gasteiger partial charge in [0.2, 0.25) is 0 Å². The van der Waals surface area contributed by atoms with E-state index in [1.54, 1.807) is 0 Å². The molecule has 0 radical (unpaired) electrons. The number of thioether (sulfide) groups is 1. The highest BCUT2D eigenvalue weighted by Crippen LogP contribution is 2.26. The zero-order chi connectivity index (χ0) is 29.3. The maximum atomic E-state index is 12.8. The molecule has 42 heavy (non-hydrogen) atoms. The summed E-state index contributed by atoms with van der Waals surface area (Å²) in [5.41, 5.74) is 7.29. The molecule has 5 aromatic rings. The molecular weight excluding hydrogens is 560 g/mol. The molecule has 0 saturated heterocycles. The third-order valence-corrected chi connectivity index (χ3v) is 8.18. The Labute approximate surface area is 257 Å². The van der Waals surface area contributed by atoms with Crippen molar-refractivity contribution in [1.82, 2.24) is 9.97 Å². The van der Waals surface area contributed by atoms with Crippen LogP contribution in [0.25, 0.3) is 0 Å². The first-order chi connectivity index (χ1) is 20.4. The minimum absolute atomic E-state index is 0.130. The van der Waals surface area contributed by atoms with E-state index >= 15 is 0 Å². The average molecular weight is 593 g/mol. The summed E-state index contributed by atoms with van der Waals surface area (Å²) in [5.74, 6) is 1.33. The molecule has 0 aliphatic rings. The molecule has 0 unspecified atom stereocenters. The normalized spacial score (nSPS) is 10.8. The van der Waals surface area contributed by atoms with Crippen molar-refractivity contribution in [3.63, 3.8) is 0 Å². The number of aromatic nitrogens is 2. The fraction of sp³-hybridized carbons (Fsp3) is 0.171. The molecule has 0 fully saturated rings. The summed E-state index contributed by atoms with van der Waals surface area (Å²) in [6.07, 6.45) is 0.890. The molecule has 0 aliphatic carbocycles. The number of anilines is 2. The lowest BCUT2D eigenvalue weighted by molar-refractivity contribution is 0.102. The molecule has 5 nitrogen and oxygen atoms in total. The second-order valence-corrected chi connectivity index (χ2v) is 11.5. The van der Waals surface area contributed by atoms with E-state index in [1.807, 2.05) is 67.6 Å². The number of aryl methyl sites for hydroxylation is 2. The van der Waals surface area contributed by atoms with E-state index in [4.69, 9.17) is 16.6 Å². The molecular formula is C35H33ClN4OS. The summed E-state index contributed by atoms with van der Waals surface area (Å²) in [6, 6.07) is 36.2. The van der Waals surface area contributed by atoms with Gasteiger partial charge in [-0.2, -0.15) is 0 Å². The molecule has 212 valence electrons. The minimum Gasteiger partial charge on any atom is -0.352 e. The van der Waals surface area contributed by atoms with Gasteiger partial charge in [-0.3, -0.25) is 4.79 Å². The molecule has 7 heteroatoms. The first-order valence-corrected chi connectivity index (χ1v) is 15.3. The summed E-state index contributed by atoms with van der Waals surface area (Å²) < 4.78 is 0. The van der Waals surface area contributed by atoms with E-state index in [0.717, 1.165) is 42.1 Å².